The van der Waals surface area contributed by atoms with Gasteiger partial charge in [-0.05, 0) is 49.4 Å². The molecule has 1 aromatic heterocycles. The number of fused-ring (bicyclic) bond motifs is 1. The number of likely N-dealkylation sites (tertiary alicyclic amines) is 1. The van der Waals surface area contributed by atoms with Crippen LogP contribution in [-0.4, -0.2) is 67.5 Å². The lowest BCUT2D eigenvalue weighted by Gasteiger charge is -2.27. The van der Waals surface area contributed by atoms with E-state index in [0.717, 1.165) is 32.6 Å². The first-order valence-electron chi connectivity index (χ1n) is 9.22. The summed E-state index contributed by atoms with van der Waals surface area (Å²) in [4.78, 5) is 22.6. The fourth-order valence-corrected chi connectivity index (χ4v) is 4.60. The molecule has 0 aromatic carbocycles. The number of hydrogen-bond donors (Lipinski definition) is 2. The standard InChI is InChI=1S/C18H29N5OS/c1-3-22-8-4-5-15(22)11-20-18(19-2)21-12-17(24)23-9-6-16-14(13-23)7-10-25-16/h7,10,15H,3-6,8-9,11-13H2,1-2H3,(H2,19,20,21). The van der Waals surface area contributed by atoms with Crippen LogP contribution in [0.4, 0.5) is 0 Å². The molecule has 0 aliphatic carbocycles. The molecule has 2 N–H and O–H groups in total. The zero-order valence-corrected chi connectivity index (χ0v) is 16.1. The van der Waals surface area contributed by atoms with Crippen molar-refractivity contribution >= 4 is 23.2 Å². The van der Waals surface area contributed by atoms with E-state index in [-0.39, 0.29) is 5.91 Å². The van der Waals surface area contributed by atoms with E-state index in [0.29, 0.717) is 18.5 Å². The maximum absolute atomic E-state index is 12.5. The van der Waals surface area contributed by atoms with Gasteiger partial charge in [0.25, 0.3) is 0 Å². The van der Waals surface area contributed by atoms with Gasteiger partial charge in [0.1, 0.15) is 0 Å². The summed E-state index contributed by atoms with van der Waals surface area (Å²) in [6.45, 7) is 7.21. The molecule has 3 rings (SSSR count). The quantitative estimate of drug-likeness (QED) is 0.611. The second-order valence-corrected chi connectivity index (χ2v) is 7.67. The molecule has 1 atom stereocenters. The van der Waals surface area contributed by atoms with Crippen LogP contribution >= 0.6 is 11.3 Å². The van der Waals surface area contributed by atoms with Gasteiger partial charge in [-0.1, -0.05) is 6.92 Å². The second kappa shape index (κ2) is 8.67. The summed E-state index contributed by atoms with van der Waals surface area (Å²) < 4.78 is 0. The Morgan fingerprint density at radius 3 is 3.08 bits per heavy atom. The van der Waals surface area contributed by atoms with Gasteiger partial charge in [-0.25, -0.2) is 0 Å². The Balaban J connectivity index is 1.43. The molecule has 1 aromatic rings. The van der Waals surface area contributed by atoms with Crippen molar-refractivity contribution < 1.29 is 4.79 Å². The first kappa shape index (κ1) is 18.2. The number of nitrogens with one attached hydrogen (secondary N) is 2. The Bertz CT molecular complexity index is 614. The minimum atomic E-state index is 0.135. The largest absolute Gasteiger partial charge is 0.355 e. The normalized spacial score (nSPS) is 21.3. The van der Waals surface area contributed by atoms with Crippen molar-refractivity contribution in [2.24, 2.45) is 4.99 Å². The summed E-state index contributed by atoms with van der Waals surface area (Å²) in [6, 6.07) is 2.70. The van der Waals surface area contributed by atoms with Gasteiger partial charge in [-0.15, -0.1) is 11.3 Å². The molecule has 1 unspecified atom stereocenters. The van der Waals surface area contributed by atoms with Crippen molar-refractivity contribution in [2.75, 3.05) is 39.8 Å². The maximum atomic E-state index is 12.5. The summed E-state index contributed by atoms with van der Waals surface area (Å²) >= 11 is 1.79. The number of hydrogen-bond acceptors (Lipinski definition) is 4. The number of carbonyl (C=O) groups excluding carboxylic acids is 1. The Hall–Kier alpha value is -1.60. The van der Waals surface area contributed by atoms with E-state index in [9.17, 15) is 4.79 Å². The number of nitrogens with zero attached hydrogens (tertiary/aromatic N) is 3. The SMILES string of the molecule is CCN1CCCC1CNC(=NC)NCC(=O)N1CCc2sccc2C1. The van der Waals surface area contributed by atoms with E-state index >= 15 is 0 Å². The summed E-state index contributed by atoms with van der Waals surface area (Å²) in [5.74, 6) is 0.848. The van der Waals surface area contributed by atoms with Crippen LogP contribution in [-0.2, 0) is 17.8 Å². The molecular formula is C18H29N5OS. The summed E-state index contributed by atoms with van der Waals surface area (Å²) in [5.41, 5.74) is 1.30. The van der Waals surface area contributed by atoms with Gasteiger partial charge in [-0.3, -0.25) is 14.7 Å². The smallest absolute Gasteiger partial charge is 0.242 e. The minimum Gasteiger partial charge on any atom is -0.355 e. The van der Waals surface area contributed by atoms with Crippen molar-refractivity contribution in [3.8, 4) is 0 Å². The van der Waals surface area contributed by atoms with Gasteiger partial charge < -0.3 is 15.5 Å². The van der Waals surface area contributed by atoms with E-state index in [1.807, 2.05) is 4.90 Å². The topological polar surface area (TPSA) is 60.0 Å². The first-order valence-corrected chi connectivity index (χ1v) is 10.1. The third-order valence-electron chi connectivity index (χ3n) is 5.20. The average molecular weight is 364 g/mol. The number of rotatable bonds is 5. The van der Waals surface area contributed by atoms with Gasteiger partial charge in [0.2, 0.25) is 5.91 Å². The van der Waals surface area contributed by atoms with Crippen molar-refractivity contribution in [1.82, 2.24) is 20.4 Å². The van der Waals surface area contributed by atoms with Crippen molar-refractivity contribution in [2.45, 2.75) is 38.8 Å². The van der Waals surface area contributed by atoms with Crippen LogP contribution in [0.25, 0.3) is 0 Å². The first-order chi connectivity index (χ1) is 12.2. The van der Waals surface area contributed by atoms with Crippen LogP contribution in [0.15, 0.2) is 16.4 Å². The van der Waals surface area contributed by atoms with Crippen LogP contribution < -0.4 is 10.6 Å². The molecule has 25 heavy (non-hydrogen) atoms. The Kier molecular flexibility index (Phi) is 6.31. The number of aliphatic imine (C=N–C) groups is 1. The summed E-state index contributed by atoms with van der Waals surface area (Å²) in [6.07, 6.45) is 3.47. The molecule has 7 heteroatoms. The van der Waals surface area contributed by atoms with Gasteiger partial charge >= 0.3 is 0 Å². The minimum absolute atomic E-state index is 0.135. The molecule has 1 saturated heterocycles. The molecule has 1 amide bonds. The lowest BCUT2D eigenvalue weighted by molar-refractivity contribution is -0.130. The monoisotopic (exact) mass is 363 g/mol. The van der Waals surface area contributed by atoms with Crippen molar-refractivity contribution in [3.05, 3.63) is 21.9 Å². The molecule has 1 fully saturated rings. The Morgan fingerprint density at radius 2 is 2.28 bits per heavy atom. The number of carbonyl (C=O) groups is 1. The highest BCUT2D eigenvalue weighted by Crippen LogP contribution is 2.23. The number of thiophene rings is 1. The maximum Gasteiger partial charge on any atom is 0.242 e. The molecule has 0 bridgehead atoms. The summed E-state index contributed by atoms with van der Waals surface area (Å²) in [5, 5.41) is 8.66. The molecule has 138 valence electrons. The molecule has 2 aliphatic heterocycles. The van der Waals surface area contributed by atoms with Crippen LogP contribution in [0.3, 0.4) is 0 Å². The molecular weight excluding hydrogens is 334 g/mol. The predicted octanol–water partition coefficient (Wildman–Crippen LogP) is 1.28. The van der Waals surface area contributed by atoms with Crippen LogP contribution in [0.2, 0.25) is 0 Å². The van der Waals surface area contributed by atoms with Gasteiger partial charge in [0.15, 0.2) is 5.96 Å². The van der Waals surface area contributed by atoms with E-state index in [1.54, 1.807) is 18.4 Å². The third kappa shape index (κ3) is 4.52. The Labute approximate surface area is 154 Å². The van der Waals surface area contributed by atoms with E-state index in [1.165, 1.54) is 29.8 Å². The van der Waals surface area contributed by atoms with E-state index in [4.69, 9.17) is 0 Å². The fraction of sp³-hybridized carbons (Fsp3) is 0.667. The Morgan fingerprint density at radius 1 is 1.40 bits per heavy atom. The van der Waals surface area contributed by atoms with E-state index in [2.05, 4.69) is 38.9 Å². The number of amides is 1. The van der Waals surface area contributed by atoms with Gasteiger partial charge in [0.05, 0.1) is 6.54 Å². The van der Waals surface area contributed by atoms with Gasteiger partial charge in [-0.2, -0.15) is 0 Å². The molecule has 6 nitrogen and oxygen atoms in total. The zero-order valence-electron chi connectivity index (χ0n) is 15.3. The van der Waals surface area contributed by atoms with Crippen molar-refractivity contribution in [1.29, 1.82) is 0 Å². The highest BCUT2D eigenvalue weighted by molar-refractivity contribution is 7.10. The van der Waals surface area contributed by atoms with Crippen LogP contribution in [0, 0.1) is 0 Å². The average Bonchev–Trinajstić information content (AvgIpc) is 3.29. The molecule has 3 heterocycles. The fourth-order valence-electron chi connectivity index (χ4n) is 3.71. The van der Waals surface area contributed by atoms with Crippen LogP contribution in [0.5, 0.6) is 0 Å². The number of likely N-dealkylation sites (N-methyl/N-ethyl adjacent to an activating group) is 1. The molecule has 2 aliphatic rings. The highest BCUT2D eigenvalue weighted by Gasteiger charge is 2.24. The zero-order chi connectivity index (χ0) is 17.6. The van der Waals surface area contributed by atoms with Gasteiger partial charge in [0, 0.05) is 37.6 Å². The lowest BCUT2D eigenvalue weighted by atomic mass is 10.1. The summed E-state index contributed by atoms with van der Waals surface area (Å²) in [7, 11) is 1.75. The molecule has 0 saturated carbocycles. The predicted molar refractivity (Wildman–Crippen MR) is 103 cm³/mol. The second-order valence-electron chi connectivity index (χ2n) is 6.67. The number of guanidine groups is 1. The highest BCUT2D eigenvalue weighted by atomic mass is 32.1. The lowest BCUT2D eigenvalue weighted by Crippen LogP contribution is -2.48. The van der Waals surface area contributed by atoms with E-state index < -0.39 is 0 Å². The molecule has 0 radical (unpaired) electrons. The van der Waals surface area contributed by atoms with Crippen molar-refractivity contribution in [3.63, 3.8) is 0 Å². The van der Waals surface area contributed by atoms with Crippen LogP contribution in [0.1, 0.15) is 30.2 Å². The molecule has 0 spiro atoms. The third-order valence-corrected chi connectivity index (χ3v) is 6.22.